The standard InChI is InChI=1S/C24H29N3O3/c1-16(2)14-26-11-10-18-13-19(5-8-21(18)26)25-24(29)27(20-6-7-20)15-17-4-9-22(28)23(12-17)30-3/h4-5,8-13,16,20,28H,6-7,14-15H2,1-3H3,(H,25,29). The zero-order chi connectivity index (χ0) is 21.3. The first-order chi connectivity index (χ1) is 14.4. The Morgan fingerprint density at radius 1 is 1.23 bits per heavy atom. The predicted molar refractivity (Wildman–Crippen MR) is 119 cm³/mol. The summed E-state index contributed by atoms with van der Waals surface area (Å²) < 4.78 is 7.45. The number of rotatable bonds is 7. The van der Waals surface area contributed by atoms with Gasteiger partial charge in [0.1, 0.15) is 0 Å². The third kappa shape index (κ3) is 4.37. The molecular weight excluding hydrogens is 378 g/mol. The van der Waals surface area contributed by atoms with Gasteiger partial charge in [0.05, 0.1) is 7.11 Å². The molecule has 1 fully saturated rings. The highest BCUT2D eigenvalue weighted by atomic mass is 16.5. The van der Waals surface area contributed by atoms with Crippen molar-refractivity contribution in [3.63, 3.8) is 0 Å². The van der Waals surface area contributed by atoms with Crippen LogP contribution in [0.2, 0.25) is 0 Å². The van der Waals surface area contributed by atoms with Gasteiger partial charge < -0.3 is 24.6 Å². The van der Waals surface area contributed by atoms with Crippen molar-refractivity contribution in [3.8, 4) is 11.5 Å². The number of aromatic nitrogens is 1. The Balaban J connectivity index is 1.49. The van der Waals surface area contributed by atoms with Crippen molar-refractivity contribution in [1.29, 1.82) is 0 Å². The molecule has 2 amide bonds. The van der Waals surface area contributed by atoms with Crippen molar-refractivity contribution in [3.05, 3.63) is 54.2 Å². The average Bonchev–Trinajstić information content (AvgIpc) is 3.48. The summed E-state index contributed by atoms with van der Waals surface area (Å²) >= 11 is 0. The van der Waals surface area contributed by atoms with Crippen LogP contribution in [0.3, 0.4) is 0 Å². The van der Waals surface area contributed by atoms with Crippen LogP contribution < -0.4 is 10.1 Å². The monoisotopic (exact) mass is 407 g/mol. The van der Waals surface area contributed by atoms with Crippen molar-refractivity contribution < 1.29 is 14.6 Å². The Labute approximate surface area is 177 Å². The Kier molecular flexibility index (Phi) is 5.57. The molecule has 1 aliphatic rings. The highest BCUT2D eigenvalue weighted by Crippen LogP contribution is 2.32. The predicted octanol–water partition coefficient (Wildman–Crippen LogP) is 5.21. The molecule has 2 N–H and O–H groups in total. The number of urea groups is 1. The number of carbonyl (C=O) groups excluding carboxylic acids is 1. The smallest absolute Gasteiger partial charge is 0.322 e. The largest absolute Gasteiger partial charge is 0.504 e. The minimum absolute atomic E-state index is 0.0985. The van der Waals surface area contributed by atoms with Gasteiger partial charge in [0.15, 0.2) is 11.5 Å². The third-order valence-electron chi connectivity index (χ3n) is 5.43. The first-order valence-corrected chi connectivity index (χ1v) is 10.5. The summed E-state index contributed by atoms with van der Waals surface area (Å²) in [5.74, 6) is 1.09. The van der Waals surface area contributed by atoms with E-state index >= 15 is 0 Å². The average molecular weight is 408 g/mol. The van der Waals surface area contributed by atoms with Crippen LogP contribution in [-0.4, -0.2) is 33.8 Å². The van der Waals surface area contributed by atoms with Crippen LogP contribution in [0.4, 0.5) is 10.5 Å². The van der Waals surface area contributed by atoms with Crippen molar-refractivity contribution in [1.82, 2.24) is 9.47 Å². The molecule has 6 nitrogen and oxygen atoms in total. The van der Waals surface area contributed by atoms with Crippen molar-refractivity contribution in [2.24, 2.45) is 5.92 Å². The van der Waals surface area contributed by atoms with Crippen molar-refractivity contribution in [2.45, 2.75) is 45.8 Å². The van der Waals surface area contributed by atoms with E-state index in [2.05, 4.69) is 42.1 Å². The number of nitrogens with zero attached hydrogens (tertiary/aromatic N) is 2. The molecule has 0 unspecified atom stereocenters. The zero-order valence-corrected chi connectivity index (χ0v) is 17.8. The van der Waals surface area contributed by atoms with Gasteiger partial charge >= 0.3 is 6.03 Å². The summed E-state index contributed by atoms with van der Waals surface area (Å²) in [5.41, 5.74) is 2.90. The lowest BCUT2D eigenvalue weighted by molar-refractivity contribution is 0.206. The van der Waals surface area contributed by atoms with Crippen LogP contribution in [0.15, 0.2) is 48.7 Å². The van der Waals surface area contributed by atoms with E-state index in [9.17, 15) is 9.90 Å². The molecule has 4 rings (SSSR count). The summed E-state index contributed by atoms with van der Waals surface area (Å²) in [6.45, 7) is 5.86. The molecule has 1 heterocycles. The number of anilines is 1. The Bertz CT molecular complexity index is 1050. The zero-order valence-electron chi connectivity index (χ0n) is 17.8. The molecule has 0 saturated heterocycles. The maximum atomic E-state index is 13.0. The number of hydrogen-bond donors (Lipinski definition) is 2. The molecular formula is C24H29N3O3. The molecule has 0 bridgehead atoms. The van der Waals surface area contributed by atoms with Gasteiger partial charge in [0, 0.05) is 41.9 Å². The number of methoxy groups -OCH3 is 1. The summed E-state index contributed by atoms with van der Waals surface area (Å²) in [4.78, 5) is 14.9. The lowest BCUT2D eigenvalue weighted by Gasteiger charge is -2.23. The van der Waals surface area contributed by atoms with Crippen LogP contribution in [0, 0.1) is 5.92 Å². The van der Waals surface area contributed by atoms with Gasteiger partial charge in [0.2, 0.25) is 0 Å². The number of phenolic OH excluding ortho intramolecular Hbond substituents is 1. The molecule has 6 heteroatoms. The van der Waals surface area contributed by atoms with E-state index in [1.165, 1.54) is 12.6 Å². The van der Waals surface area contributed by atoms with Gasteiger partial charge in [-0.25, -0.2) is 4.79 Å². The molecule has 2 aromatic carbocycles. The van der Waals surface area contributed by atoms with Gasteiger partial charge in [-0.3, -0.25) is 0 Å². The lowest BCUT2D eigenvalue weighted by atomic mass is 10.2. The maximum absolute atomic E-state index is 13.0. The van der Waals surface area contributed by atoms with E-state index in [1.807, 2.05) is 23.1 Å². The fraction of sp³-hybridized carbons (Fsp3) is 0.375. The van der Waals surface area contributed by atoms with Crippen LogP contribution in [0.25, 0.3) is 10.9 Å². The minimum atomic E-state index is -0.106. The number of aromatic hydroxyl groups is 1. The Morgan fingerprint density at radius 3 is 2.73 bits per heavy atom. The second-order valence-corrected chi connectivity index (χ2v) is 8.43. The van der Waals surface area contributed by atoms with Gasteiger partial charge in [-0.15, -0.1) is 0 Å². The molecule has 1 aliphatic carbocycles. The number of nitrogens with one attached hydrogen (secondary N) is 1. The molecule has 0 aliphatic heterocycles. The summed E-state index contributed by atoms with van der Waals surface area (Å²) in [6.07, 6.45) is 4.13. The number of hydrogen-bond acceptors (Lipinski definition) is 3. The van der Waals surface area contributed by atoms with E-state index in [4.69, 9.17) is 4.74 Å². The minimum Gasteiger partial charge on any atom is -0.504 e. The Hall–Kier alpha value is -3.15. The normalized spacial score (nSPS) is 13.6. The van der Waals surface area contributed by atoms with Gasteiger partial charge in [-0.05, 0) is 60.7 Å². The molecule has 3 aromatic rings. The van der Waals surface area contributed by atoms with E-state index in [0.29, 0.717) is 18.2 Å². The van der Waals surface area contributed by atoms with Crippen molar-refractivity contribution >= 4 is 22.6 Å². The van der Waals surface area contributed by atoms with Gasteiger partial charge in [-0.1, -0.05) is 19.9 Å². The van der Waals surface area contributed by atoms with E-state index in [-0.39, 0.29) is 17.8 Å². The topological polar surface area (TPSA) is 66.7 Å². The number of benzene rings is 2. The van der Waals surface area contributed by atoms with E-state index < -0.39 is 0 Å². The highest BCUT2D eigenvalue weighted by Gasteiger charge is 2.32. The molecule has 1 saturated carbocycles. The summed E-state index contributed by atoms with van der Waals surface area (Å²) in [7, 11) is 1.52. The van der Waals surface area contributed by atoms with Gasteiger partial charge in [-0.2, -0.15) is 0 Å². The molecule has 158 valence electrons. The Morgan fingerprint density at radius 2 is 2.03 bits per heavy atom. The van der Waals surface area contributed by atoms with Crippen LogP contribution in [0.5, 0.6) is 11.5 Å². The SMILES string of the molecule is COc1cc(CN(C(=O)Nc2ccc3c(ccn3CC(C)C)c2)C2CC2)ccc1O. The number of carbonyl (C=O) groups is 1. The second-order valence-electron chi connectivity index (χ2n) is 8.43. The molecule has 0 atom stereocenters. The molecule has 0 spiro atoms. The first-order valence-electron chi connectivity index (χ1n) is 10.5. The van der Waals surface area contributed by atoms with E-state index in [0.717, 1.165) is 36.0 Å². The van der Waals surface area contributed by atoms with Crippen LogP contribution in [0.1, 0.15) is 32.3 Å². The molecule has 30 heavy (non-hydrogen) atoms. The second kappa shape index (κ2) is 8.30. The quantitative estimate of drug-likeness (QED) is 0.565. The number of amides is 2. The van der Waals surface area contributed by atoms with Crippen LogP contribution in [-0.2, 0) is 13.1 Å². The number of ether oxygens (including phenoxy) is 1. The highest BCUT2D eigenvalue weighted by molar-refractivity contribution is 5.93. The molecule has 1 aromatic heterocycles. The fourth-order valence-electron chi connectivity index (χ4n) is 3.80. The van der Waals surface area contributed by atoms with Crippen molar-refractivity contribution in [2.75, 3.05) is 12.4 Å². The van der Waals surface area contributed by atoms with Gasteiger partial charge in [0.25, 0.3) is 0 Å². The first kappa shape index (κ1) is 20.1. The maximum Gasteiger partial charge on any atom is 0.322 e. The lowest BCUT2D eigenvalue weighted by Crippen LogP contribution is -2.36. The van der Waals surface area contributed by atoms with E-state index in [1.54, 1.807) is 12.1 Å². The number of fused-ring (bicyclic) bond motifs is 1. The summed E-state index contributed by atoms with van der Waals surface area (Å²) in [6, 6.07) is 13.5. The molecule has 0 radical (unpaired) electrons. The summed E-state index contributed by atoms with van der Waals surface area (Å²) in [5, 5.41) is 14.0. The van der Waals surface area contributed by atoms with Crippen LogP contribution >= 0.6 is 0 Å². The fourth-order valence-corrected chi connectivity index (χ4v) is 3.80. The third-order valence-corrected chi connectivity index (χ3v) is 5.43. The number of phenols is 1.